The van der Waals surface area contributed by atoms with Gasteiger partial charge in [0.05, 0.1) is 12.9 Å². The molecular formula is C11H17N5O3. The van der Waals surface area contributed by atoms with E-state index in [0.717, 1.165) is 0 Å². The minimum absolute atomic E-state index is 0.0189. The van der Waals surface area contributed by atoms with Crippen molar-refractivity contribution < 1.29 is 14.4 Å². The SMILES string of the molecule is CCC(=O)CNC(=O)c1c(N)ncn1[C@@H](C)C(N)=O. The molecule has 0 aliphatic rings. The third-order valence-corrected chi connectivity index (χ3v) is 2.71. The van der Waals surface area contributed by atoms with Crippen LogP contribution in [0.3, 0.4) is 0 Å². The van der Waals surface area contributed by atoms with Gasteiger partial charge in [-0.05, 0) is 6.92 Å². The molecule has 1 rings (SSSR count). The van der Waals surface area contributed by atoms with Gasteiger partial charge in [0.15, 0.2) is 17.3 Å². The number of carbonyl (C=O) groups is 3. The standard InChI is InChI=1S/C11H17N5O3/c1-3-7(17)4-14-11(19)8-9(12)15-5-16(8)6(2)10(13)18/h5-6H,3-4,12H2,1-2H3,(H2,13,18)(H,14,19)/t6-/m0/s1. The molecule has 0 bridgehead atoms. The Labute approximate surface area is 110 Å². The van der Waals surface area contributed by atoms with Crippen LogP contribution in [0, 0.1) is 0 Å². The number of nitrogen functional groups attached to an aromatic ring is 1. The Morgan fingerprint density at radius 1 is 1.47 bits per heavy atom. The lowest BCUT2D eigenvalue weighted by molar-refractivity contribution is -0.120. The van der Waals surface area contributed by atoms with Crippen LogP contribution in [0.15, 0.2) is 6.33 Å². The van der Waals surface area contributed by atoms with Crippen LogP contribution in [-0.2, 0) is 9.59 Å². The fourth-order valence-electron chi connectivity index (χ4n) is 1.43. The molecule has 0 unspecified atom stereocenters. The molecule has 8 nitrogen and oxygen atoms in total. The second kappa shape index (κ2) is 5.98. The molecule has 2 amide bonds. The fourth-order valence-corrected chi connectivity index (χ4v) is 1.43. The predicted octanol–water partition coefficient (Wildman–Crippen LogP) is -0.779. The van der Waals surface area contributed by atoms with Gasteiger partial charge in [-0.2, -0.15) is 0 Å². The Morgan fingerprint density at radius 2 is 2.11 bits per heavy atom. The molecule has 1 aromatic rings. The Bertz CT molecular complexity index is 508. The summed E-state index contributed by atoms with van der Waals surface area (Å²) in [7, 11) is 0. The molecule has 1 heterocycles. The van der Waals surface area contributed by atoms with Gasteiger partial charge in [-0.1, -0.05) is 6.92 Å². The Hall–Kier alpha value is -2.38. The number of imidazole rings is 1. The van der Waals surface area contributed by atoms with Gasteiger partial charge in [0.2, 0.25) is 5.91 Å². The van der Waals surface area contributed by atoms with Crippen molar-refractivity contribution in [2.45, 2.75) is 26.3 Å². The van der Waals surface area contributed by atoms with Crippen LogP contribution in [0.4, 0.5) is 5.82 Å². The lowest BCUT2D eigenvalue weighted by atomic mass is 10.2. The summed E-state index contributed by atoms with van der Waals surface area (Å²) in [6.45, 7) is 3.13. The molecule has 19 heavy (non-hydrogen) atoms. The molecule has 0 aliphatic heterocycles. The van der Waals surface area contributed by atoms with Gasteiger partial charge in [0.25, 0.3) is 5.91 Å². The second-order valence-electron chi connectivity index (χ2n) is 4.04. The van der Waals surface area contributed by atoms with Crippen LogP contribution < -0.4 is 16.8 Å². The number of ketones is 1. The number of amides is 2. The van der Waals surface area contributed by atoms with Crippen molar-refractivity contribution in [2.75, 3.05) is 12.3 Å². The molecule has 1 atom stereocenters. The van der Waals surface area contributed by atoms with E-state index in [1.165, 1.54) is 17.8 Å². The first-order valence-corrected chi connectivity index (χ1v) is 5.80. The summed E-state index contributed by atoms with van der Waals surface area (Å²) < 4.78 is 1.28. The van der Waals surface area contributed by atoms with Crippen molar-refractivity contribution >= 4 is 23.4 Å². The highest BCUT2D eigenvalue weighted by Crippen LogP contribution is 2.15. The lowest BCUT2D eigenvalue weighted by Gasteiger charge is -2.13. The first-order chi connectivity index (χ1) is 8.88. The van der Waals surface area contributed by atoms with E-state index in [0.29, 0.717) is 6.42 Å². The minimum atomic E-state index is -0.757. The van der Waals surface area contributed by atoms with Crippen molar-refractivity contribution in [3.8, 4) is 0 Å². The van der Waals surface area contributed by atoms with Crippen molar-refractivity contribution in [3.63, 3.8) is 0 Å². The van der Waals surface area contributed by atoms with E-state index in [2.05, 4.69) is 10.3 Å². The molecule has 0 saturated heterocycles. The molecular weight excluding hydrogens is 250 g/mol. The first-order valence-electron chi connectivity index (χ1n) is 5.80. The minimum Gasteiger partial charge on any atom is -0.382 e. The maximum Gasteiger partial charge on any atom is 0.272 e. The summed E-state index contributed by atoms with van der Waals surface area (Å²) >= 11 is 0. The van der Waals surface area contributed by atoms with Gasteiger partial charge in [-0.3, -0.25) is 14.4 Å². The summed E-state index contributed by atoms with van der Waals surface area (Å²) in [5.41, 5.74) is 10.8. The van der Waals surface area contributed by atoms with E-state index in [1.54, 1.807) is 6.92 Å². The predicted molar refractivity (Wildman–Crippen MR) is 68.2 cm³/mol. The zero-order chi connectivity index (χ0) is 14.6. The van der Waals surface area contributed by atoms with Gasteiger partial charge >= 0.3 is 0 Å². The molecule has 0 spiro atoms. The van der Waals surface area contributed by atoms with Crippen LogP contribution in [0.2, 0.25) is 0 Å². The number of aromatic nitrogens is 2. The molecule has 8 heteroatoms. The molecule has 5 N–H and O–H groups in total. The molecule has 0 radical (unpaired) electrons. The Kier molecular flexibility index (Phi) is 4.62. The zero-order valence-corrected chi connectivity index (χ0v) is 10.8. The third kappa shape index (κ3) is 3.30. The van der Waals surface area contributed by atoms with E-state index < -0.39 is 17.9 Å². The number of nitrogens with two attached hydrogens (primary N) is 2. The summed E-state index contributed by atoms with van der Waals surface area (Å²) in [6, 6.07) is -0.757. The summed E-state index contributed by atoms with van der Waals surface area (Å²) in [5, 5.41) is 2.43. The first kappa shape index (κ1) is 14.7. The van der Waals surface area contributed by atoms with Crippen molar-refractivity contribution in [2.24, 2.45) is 5.73 Å². The van der Waals surface area contributed by atoms with Crippen molar-refractivity contribution in [1.82, 2.24) is 14.9 Å². The number of hydrogen-bond acceptors (Lipinski definition) is 5. The molecule has 1 aromatic heterocycles. The van der Waals surface area contributed by atoms with E-state index >= 15 is 0 Å². The highest BCUT2D eigenvalue weighted by molar-refractivity contribution is 5.99. The fraction of sp³-hybridized carbons (Fsp3) is 0.455. The molecule has 0 saturated carbocycles. The molecule has 0 fully saturated rings. The van der Waals surface area contributed by atoms with Gasteiger partial charge < -0.3 is 21.4 Å². The smallest absolute Gasteiger partial charge is 0.272 e. The highest BCUT2D eigenvalue weighted by atomic mass is 16.2. The number of rotatable bonds is 6. The number of Topliss-reactive ketones (excluding diaryl/α,β-unsaturated/α-hetero) is 1. The number of nitrogens with zero attached hydrogens (tertiary/aromatic N) is 2. The number of hydrogen-bond donors (Lipinski definition) is 3. The summed E-state index contributed by atoms with van der Waals surface area (Å²) in [6.07, 6.45) is 1.59. The second-order valence-corrected chi connectivity index (χ2v) is 4.04. The maximum absolute atomic E-state index is 11.9. The summed E-state index contributed by atoms with van der Waals surface area (Å²) in [5.74, 6) is -1.31. The number of anilines is 1. The molecule has 0 aromatic carbocycles. The van der Waals surface area contributed by atoms with Crippen LogP contribution >= 0.6 is 0 Å². The largest absolute Gasteiger partial charge is 0.382 e. The van der Waals surface area contributed by atoms with Crippen LogP contribution in [0.25, 0.3) is 0 Å². The Morgan fingerprint density at radius 3 is 2.63 bits per heavy atom. The zero-order valence-electron chi connectivity index (χ0n) is 10.8. The third-order valence-electron chi connectivity index (χ3n) is 2.71. The summed E-state index contributed by atoms with van der Waals surface area (Å²) in [4.78, 5) is 38.0. The van der Waals surface area contributed by atoms with E-state index in [4.69, 9.17) is 11.5 Å². The van der Waals surface area contributed by atoms with E-state index in [1.807, 2.05) is 0 Å². The van der Waals surface area contributed by atoms with Gasteiger partial charge in [0, 0.05) is 6.42 Å². The van der Waals surface area contributed by atoms with Gasteiger partial charge in [-0.15, -0.1) is 0 Å². The normalized spacial score (nSPS) is 11.9. The van der Waals surface area contributed by atoms with Crippen LogP contribution in [0.1, 0.15) is 36.8 Å². The Balaban J connectivity index is 2.93. The number of primary amides is 1. The topological polar surface area (TPSA) is 133 Å². The molecule has 0 aliphatic carbocycles. The highest BCUT2D eigenvalue weighted by Gasteiger charge is 2.22. The van der Waals surface area contributed by atoms with Gasteiger partial charge in [-0.25, -0.2) is 4.98 Å². The van der Waals surface area contributed by atoms with Crippen molar-refractivity contribution in [3.05, 3.63) is 12.0 Å². The maximum atomic E-state index is 11.9. The van der Waals surface area contributed by atoms with Gasteiger partial charge in [0.1, 0.15) is 6.04 Å². The van der Waals surface area contributed by atoms with Crippen LogP contribution in [-0.4, -0.2) is 33.7 Å². The van der Waals surface area contributed by atoms with Crippen molar-refractivity contribution in [1.29, 1.82) is 0 Å². The average molecular weight is 267 g/mol. The lowest BCUT2D eigenvalue weighted by Crippen LogP contribution is -2.33. The number of carbonyl (C=O) groups excluding carboxylic acids is 3. The van der Waals surface area contributed by atoms with Crippen LogP contribution in [0.5, 0.6) is 0 Å². The monoisotopic (exact) mass is 267 g/mol. The number of nitrogens with one attached hydrogen (secondary N) is 1. The molecule has 104 valence electrons. The van der Waals surface area contributed by atoms with E-state index in [-0.39, 0.29) is 23.8 Å². The quantitative estimate of drug-likeness (QED) is 0.621. The average Bonchev–Trinajstić information content (AvgIpc) is 2.76. The van der Waals surface area contributed by atoms with E-state index in [9.17, 15) is 14.4 Å².